The molecule has 0 bridgehead atoms. The normalized spacial score (nSPS) is 15.0. The van der Waals surface area contributed by atoms with Crippen LogP contribution < -0.4 is 0 Å². The standard InChI is InChI=1S/C13H19BrO/c1-4-9(2)7-13(15)12-6-5-11(14)8-10(12)3/h5-6,8-9,13,15H,4,7H2,1-3H3. The highest BCUT2D eigenvalue weighted by molar-refractivity contribution is 9.10. The van der Waals surface area contributed by atoms with E-state index < -0.39 is 0 Å². The maximum absolute atomic E-state index is 10.1. The molecule has 0 fully saturated rings. The monoisotopic (exact) mass is 270 g/mol. The molecule has 2 heteroatoms. The van der Waals surface area contributed by atoms with E-state index in [9.17, 15) is 5.11 Å². The first-order valence-electron chi connectivity index (χ1n) is 5.48. The van der Waals surface area contributed by atoms with E-state index in [-0.39, 0.29) is 6.10 Å². The number of hydrogen-bond acceptors (Lipinski definition) is 1. The maximum atomic E-state index is 10.1. The molecule has 0 saturated heterocycles. The van der Waals surface area contributed by atoms with Crippen molar-refractivity contribution in [1.82, 2.24) is 0 Å². The van der Waals surface area contributed by atoms with E-state index in [1.54, 1.807) is 0 Å². The van der Waals surface area contributed by atoms with Crippen molar-refractivity contribution in [2.75, 3.05) is 0 Å². The van der Waals surface area contributed by atoms with Crippen molar-refractivity contribution < 1.29 is 5.11 Å². The number of aliphatic hydroxyl groups is 1. The number of halogens is 1. The lowest BCUT2D eigenvalue weighted by Crippen LogP contribution is -2.05. The molecule has 1 aromatic carbocycles. The van der Waals surface area contributed by atoms with Crippen molar-refractivity contribution in [3.8, 4) is 0 Å². The Labute approximate surface area is 101 Å². The van der Waals surface area contributed by atoms with Crippen molar-refractivity contribution in [3.63, 3.8) is 0 Å². The molecule has 0 aliphatic rings. The van der Waals surface area contributed by atoms with Crippen molar-refractivity contribution in [2.45, 2.75) is 39.7 Å². The molecular formula is C13H19BrO. The largest absolute Gasteiger partial charge is 0.388 e. The lowest BCUT2D eigenvalue weighted by molar-refractivity contribution is 0.146. The van der Waals surface area contributed by atoms with Crippen LogP contribution in [0.1, 0.15) is 43.9 Å². The van der Waals surface area contributed by atoms with Crippen LogP contribution in [-0.2, 0) is 0 Å². The maximum Gasteiger partial charge on any atom is 0.0795 e. The molecule has 1 rings (SSSR count). The van der Waals surface area contributed by atoms with Gasteiger partial charge in [-0.25, -0.2) is 0 Å². The second-order valence-corrected chi connectivity index (χ2v) is 5.18. The fraction of sp³-hybridized carbons (Fsp3) is 0.538. The summed E-state index contributed by atoms with van der Waals surface area (Å²) in [5.41, 5.74) is 2.21. The Morgan fingerprint density at radius 1 is 1.40 bits per heavy atom. The zero-order valence-corrected chi connectivity index (χ0v) is 11.2. The van der Waals surface area contributed by atoms with E-state index in [4.69, 9.17) is 0 Å². The smallest absolute Gasteiger partial charge is 0.0795 e. The average molecular weight is 271 g/mol. The van der Waals surface area contributed by atoms with Gasteiger partial charge in [0.15, 0.2) is 0 Å². The number of aliphatic hydroxyl groups excluding tert-OH is 1. The Bertz CT molecular complexity index is 322. The first-order valence-corrected chi connectivity index (χ1v) is 6.28. The number of aryl methyl sites for hydroxylation is 1. The van der Waals surface area contributed by atoms with Crippen LogP contribution in [0.15, 0.2) is 22.7 Å². The average Bonchev–Trinajstić information content (AvgIpc) is 2.17. The third kappa shape index (κ3) is 3.62. The number of benzene rings is 1. The fourth-order valence-electron chi connectivity index (χ4n) is 1.69. The molecule has 0 saturated carbocycles. The van der Waals surface area contributed by atoms with Gasteiger partial charge in [0.2, 0.25) is 0 Å². The predicted molar refractivity (Wildman–Crippen MR) is 67.9 cm³/mol. The summed E-state index contributed by atoms with van der Waals surface area (Å²) in [6.07, 6.45) is 1.64. The number of rotatable bonds is 4. The van der Waals surface area contributed by atoms with E-state index in [0.29, 0.717) is 5.92 Å². The van der Waals surface area contributed by atoms with Gasteiger partial charge < -0.3 is 5.11 Å². The minimum absolute atomic E-state index is 0.326. The Morgan fingerprint density at radius 2 is 2.07 bits per heavy atom. The van der Waals surface area contributed by atoms with Gasteiger partial charge in [-0.1, -0.05) is 42.3 Å². The molecule has 0 radical (unpaired) electrons. The lowest BCUT2D eigenvalue weighted by Gasteiger charge is -2.17. The Hall–Kier alpha value is -0.340. The molecule has 0 aromatic heterocycles. The topological polar surface area (TPSA) is 20.2 Å². The minimum Gasteiger partial charge on any atom is -0.388 e. The van der Waals surface area contributed by atoms with Gasteiger partial charge in [-0.05, 0) is 42.5 Å². The first-order chi connectivity index (χ1) is 7.04. The molecule has 2 atom stereocenters. The highest BCUT2D eigenvalue weighted by Crippen LogP contribution is 2.27. The van der Waals surface area contributed by atoms with Gasteiger partial charge in [-0.2, -0.15) is 0 Å². The molecule has 84 valence electrons. The molecule has 0 heterocycles. The summed E-state index contributed by atoms with van der Waals surface area (Å²) >= 11 is 3.43. The van der Waals surface area contributed by atoms with Gasteiger partial charge in [0, 0.05) is 4.47 Å². The van der Waals surface area contributed by atoms with Crippen molar-refractivity contribution in [2.24, 2.45) is 5.92 Å². The number of hydrogen-bond donors (Lipinski definition) is 1. The van der Waals surface area contributed by atoms with E-state index in [1.807, 2.05) is 19.1 Å². The fourth-order valence-corrected chi connectivity index (χ4v) is 2.16. The van der Waals surface area contributed by atoms with Crippen LogP contribution in [0.25, 0.3) is 0 Å². The summed E-state index contributed by atoms with van der Waals surface area (Å²) in [7, 11) is 0. The third-order valence-electron chi connectivity index (χ3n) is 2.91. The van der Waals surface area contributed by atoms with Crippen LogP contribution in [-0.4, -0.2) is 5.11 Å². The highest BCUT2D eigenvalue weighted by Gasteiger charge is 2.13. The second-order valence-electron chi connectivity index (χ2n) is 4.27. The summed E-state index contributed by atoms with van der Waals surface area (Å²) in [5.74, 6) is 0.572. The van der Waals surface area contributed by atoms with Crippen molar-refractivity contribution in [1.29, 1.82) is 0 Å². The summed E-state index contributed by atoms with van der Waals surface area (Å²) in [6.45, 7) is 6.38. The summed E-state index contributed by atoms with van der Waals surface area (Å²) in [4.78, 5) is 0. The highest BCUT2D eigenvalue weighted by atomic mass is 79.9. The third-order valence-corrected chi connectivity index (χ3v) is 3.41. The van der Waals surface area contributed by atoms with Crippen LogP contribution in [0.4, 0.5) is 0 Å². The van der Waals surface area contributed by atoms with Gasteiger partial charge in [0.05, 0.1) is 6.10 Å². The molecule has 1 aromatic rings. The van der Waals surface area contributed by atoms with Crippen LogP contribution in [0, 0.1) is 12.8 Å². The van der Waals surface area contributed by atoms with Gasteiger partial charge in [0.25, 0.3) is 0 Å². The predicted octanol–water partition coefficient (Wildman–Crippen LogP) is 4.23. The molecule has 0 amide bonds. The molecule has 1 nitrogen and oxygen atoms in total. The van der Waals surface area contributed by atoms with Gasteiger partial charge >= 0.3 is 0 Å². The van der Waals surface area contributed by atoms with Gasteiger partial charge in [-0.3, -0.25) is 0 Å². The van der Waals surface area contributed by atoms with E-state index >= 15 is 0 Å². The van der Waals surface area contributed by atoms with E-state index in [1.165, 1.54) is 0 Å². The molecule has 0 aliphatic heterocycles. The Kier molecular flexibility index (Phi) is 4.81. The molecule has 0 aliphatic carbocycles. The summed E-state index contributed by atoms with van der Waals surface area (Å²) in [6, 6.07) is 6.05. The van der Waals surface area contributed by atoms with E-state index in [2.05, 4.69) is 35.8 Å². The van der Waals surface area contributed by atoms with Crippen LogP contribution in [0.5, 0.6) is 0 Å². The lowest BCUT2D eigenvalue weighted by atomic mass is 9.94. The van der Waals surface area contributed by atoms with Crippen LogP contribution in [0.3, 0.4) is 0 Å². The zero-order valence-electron chi connectivity index (χ0n) is 9.63. The molecular weight excluding hydrogens is 252 g/mol. The van der Waals surface area contributed by atoms with E-state index in [0.717, 1.165) is 28.4 Å². The Morgan fingerprint density at radius 3 is 2.60 bits per heavy atom. The molecule has 0 spiro atoms. The first kappa shape index (κ1) is 12.7. The van der Waals surface area contributed by atoms with Gasteiger partial charge in [0.1, 0.15) is 0 Å². The second kappa shape index (κ2) is 5.66. The van der Waals surface area contributed by atoms with Crippen molar-refractivity contribution in [3.05, 3.63) is 33.8 Å². The molecule has 15 heavy (non-hydrogen) atoms. The van der Waals surface area contributed by atoms with Crippen LogP contribution in [0.2, 0.25) is 0 Å². The van der Waals surface area contributed by atoms with Crippen LogP contribution >= 0.6 is 15.9 Å². The summed E-state index contributed by atoms with van der Waals surface area (Å²) in [5, 5.41) is 10.1. The minimum atomic E-state index is -0.326. The summed E-state index contributed by atoms with van der Waals surface area (Å²) < 4.78 is 1.07. The molecule has 1 N–H and O–H groups in total. The Balaban J connectivity index is 2.77. The van der Waals surface area contributed by atoms with Gasteiger partial charge in [-0.15, -0.1) is 0 Å². The zero-order chi connectivity index (χ0) is 11.4. The van der Waals surface area contributed by atoms with Crippen molar-refractivity contribution >= 4 is 15.9 Å². The quantitative estimate of drug-likeness (QED) is 0.869. The molecule has 2 unspecified atom stereocenters. The SMILES string of the molecule is CCC(C)CC(O)c1ccc(Br)cc1C.